The van der Waals surface area contributed by atoms with Crippen LogP contribution in [0.4, 0.5) is 18.0 Å². The minimum atomic E-state index is -4.53. The molecule has 2 amide bonds. The van der Waals surface area contributed by atoms with Gasteiger partial charge in [0, 0.05) is 31.7 Å². The van der Waals surface area contributed by atoms with Crippen molar-refractivity contribution in [3.63, 3.8) is 0 Å². The van der Waals surface area contributed by atoms with Crippen LogP contribution < -0.4 is 0 Å². The van der Waals surface area contributed by atoms with Crippen LogP contribution in [0, 0.1) is 0 Å². The highest BCUT2D eigenvalue weighted by Gasteiger charge is 2.32. The number of rotatable bonds is 5. The molecular formula is C20H18ClF3N2O3. The molecule has 3 rings (SSSR count). The number of alkyl halides is 3. The van der Waals surface area contributed by atoms with E-state index in [0.29, 0.717) is 35.3 Å². The van der Waals surface area contributed by atoms with Gasteiger partial charge in [0.25, 0.3) is 0 Å². The first-order valence-electron chi connectivity index (χ1n) is 8.76. The minimum absolute atomic E-state index is 0.00318. The third-order valence-electron chi connectivity index (χ3n) is 4.72. The number of amides is 2. The Hall–Kier alpha value is -2.74. The fourth-order valence-electron chi connectivity index (χ4n) is 3.32. The van der Waals surface area contributed by atoms with Gasteiger partial charge < -0.3 is 14.9 Å². The summed E-state index contributed by atoms with van der Waals surface area (Å²) in [6, 6.07) is 7.72. The van der Waals surface area contributed by atoms with Crippen LogP contribution in [0.3, 0.4) is 0 Å². The first kappa shape index (κ1) is 21.0. The molecule has 9 heteroatoms. The van der Waals surface area contributed by atoms with E-state index in [1.165, 1.54) is 21.9 Å². The third kappa shape index (κ3) is 4.82. The summed E-state index contributed by atoms with van der Waals surface area (Å²) in [5.41, 5.74) is 0.894. The summed E-state index contributed by atoms with van der Waals surface area (Å²) in [6.45, 7) is 0.904. The molecule has 154 valence electrons. The molecule has 0 radical (unpaired) electrons. The summed E-state index contributed by atoms with van der Waals surface area (Å²) in [7, 11) is 1.63. The molecule has 0 atom stereocenters. The van der Waals surface area contributed by atoms with E-state index in [0.717, 1.165) is 12.1 Å². The number of aliphatic carboxylic acids is 1. The molecule has 29 heavy (non-hydrogen) atoms. The van der Waals surface area contributed by atoms with Gasteiger partial charge in [-0.3, -0.25) is 4.79 Å². The van der Waals surface area contributed by atoms with Gasteiger partial charge in [-0.25, -0.2) is 4.79 Å². The summed E-state index contributed by atoms with van der Waals surface area (Å²) < 4.78 is 39.8. The third-order valence-corrected chi connectivity index (χ3v) is 4.94. The van der Waals surface area contributed by atoms with Crippen LogP contribution in [0.5, 0.6) is 0 Å². The van der Waals surface area contributed by atoms with Crippen molar-refractivity contribution in [3.05, 3.63) is 58.1 Å². The number of carbonyl (C=O) groups excluding carboxylic acids is 1. The number of halogens is 4. The molecule has 5 nitrogen and oxygen atoms in total. The van der Waals surface area contributed by atoms with Crippen molar-refractivity contribution in [2.45, 2.75) is 19.1 Å². The van der Waals surface area contributed by atoms with Gasteiger partial charge in [0.05, 0.1) is 12.0 Å². The number of nitrogens with zero attached hydrogens (tertiary/aromatic N) is 2. The van der Waals surface area contributed by atoms with Gasteiger partial charge in [0.2, 0.25) is 0 Å². The zero-order valence-electron chi connectivity index (χ0n) is 15.5. The lowest BCUT2D eigenvalue weighted by atomic mass is 9.95. The van der Waals surface area contributed by atoms with Crippen molar-refractivity contribution < 1.29 is 27.9 Å². The van der Waals surface area contributed by atoms with Crippen LogP contribution in [0.1, 0.15) is 16.7 Å². The van der Waals surface area contributed by atoms with Gasteiger partial charge in [0.1, 0.15) is 0 Å². The number of hydrogen-bond acceptors (Lipinski definition) is 2. The fraction of sp³-hybridized carbons (Fsp3) is 0.300. The number of benzene rings is 2. The first-order chi connectivity index (χ1) is 13.5. The van der Waals surface area contributed by atoms with Gasteiger partial charge in [-0.2, -0.15) is 13.2 Å². The second kappa shape index (κ2) is 7.94. The molecule has 0 aromatic heterocycles. The van der Waals surface area contributed by atoms with E-state index in [-0.39, 0.29) is 24.0 Å². The Morgan fingerprint density at radius 1 is 1.17 bits per heavy atom. The Balaban J connectivity index is 2.07. The number of urea groups is 1. The van der Waals surface area contributed by atoms with Gasteiger partial charge in [-0.15, -0.1) is 0 Å². The van der Waals surface area contributed by atoms with Crippen molar-refractivity contribution in [1.82, 2.24) is 9.80 Å². The van der Waals surface area contributed by atoms with Crippen molar-refractivity contribution in [1.29, 1.82) is 0 Å². The minimum Gasteiger partial charge on any atom is -0.481 e. The number of carboxylic acid groups (broad SMARTS) is 1. The van der Waals surface area contributed by atoms with Crippen molar-refractivity contribution in [3.8, 4) is 11.1 Å². The Morgan fingerprint density at radius 2 is 1.90 bits per heavy atom. The number of likely N-dealkylation sites (N-methyl/N-ethyl adjacent to an activating group) is 1. The standard InChI is InChI=1S/C20H18ClF3N2O3/c1-25-4-5-26(19(25)29)11-14-9-15(20(22,23)24)2-3-17(14)13-6-12(8-18(27)28)7-16(21)10-13/h2-3,6-7,9-10H,4-5,8,11H2,1H3,(H,27,28). The lowest BCUT2D eigenvalue weighted by Gasteiger charge is -2.20. The summed E-state index contributed by atoms with van der Waals surface area (Å²) >= 11 is 6.11. The Labute approximate surface area is 170 Å². The quantitative estimate of drug-likeness (QED) is 0.764. The molecule has 0 bridgehead atoms. The molecule has 0 unspecified atom stereocenters. The van der Waals surface area contributed by atoms with E-state index in [4.69, 9.17) is 16.7 Å². The van der Waals surface area contributed by atoms with E-state index >= 15 is 0 Å². The molecule has 1 fully saturated rings. The van der Waals surface area contributed by atoms with E-state index in [1.54, 1.807) is 19.2 Å². The van der Waals surface area contributed by atoms with E-state index in [2.05, 4.69) is 0 Å². The van der Waals surface area contributed by atoms with Gasteiger partial charge in [-0.05, 0) is 46.5 Å². The predicted molar refractivity (Wildman–Crippen MR) is 102 cm³/mol. The maximum absolute atomic E-state index is 13.3. The predicted octanol–water partition coefficient (Wildman–Crippen LogP) is 4.52. The molecule has 0 aliphatic carbocycles. The highest BCUT2D eigenvalue weighted by Crippen LogP contribution is 2.35. The monoisotopic (exact) mass is 426 g/mol. The molecule has 1 N–H and O–H groups in total. The number of hydrogen-bond donors (Lipinski definition) is 1. The number of carboxylic acids is 1. The zero-order valence-corrected chi connectivity index (χ0v) is 16.2. The van der Waals surface area contributed by atoms with Crippen LogP contribution >= 0.6 is 11.6 Å². The highest BCUT2D eigenvalue weighted by atomic mass is 35.5. The van der Waals surface area contributed by atoms with Crippen molar-refractivity contribution in [2.75, 3.05) is 20.1 Å². The van der Waals surface area contributed by atoms with Crippen LogP contribution in [-0.4, -0.2) is 47.0 Å². The molecule has 1 saturated heterocycles. The summed E-state index contributed by atoms with van der Waals surface area (Å²) in [6.07, 6.45) is -4.79. The molecule has 0 spiro atoms. The average molecular weight is 427 g/mol. The molecule has 1 aliphatic rings. The highest BCUT2D eigenvalue weighted by molar-refractivity contribution is 6.31. The molecule has 0 saturated carbocycles. The topological polar surface area (TPSA) is 60.9 Å². The Bertz CT molecular complexity index is 962. The summed E-state index contributed by atoms with van der Waals surface area (Å²) in [5, 5.41) is 9.31. The zero-order chi connectivity index (χ0) is 21.3. The average Bonchev–Trinajstić information content (AvgIpc) is 2.92. The second-order valence-electron chi connectivity index (χ2n) is 6.91. The SMILES string of the molecule is CN1CCN(Cc2cc(C(F)(F)F)ccc2-c2cc(Cl)cc(CC(=O)O)c2)C1=O. The van der Waals surface area contributed by atoms with E-state index in [9.17, 15) is 22.8 Å². The Morgan fingerprint density at radius 3 is 2.48 bits per heavy atom. The smallest absolute Gasteiger partial charge is 0.416 e. The van der Waals surface area contributed by atoms with E-state index < -0.39 is 17.7 Å². The van der Waals surface area contributed by atoms with Crippen LogP contribution in [0.2, 0.25) is 5.02 Å². The van der Waals surface area contributed by atoms with Crippen molar-refractivity contribution in [2.24, 2.45) is 0 Å². The maximum Gasteiger partial charge on any atom is 0.416 e. The van der Waals surface area contributed by atoms with Crippen LogP contribution in [-0.2, 0) is 23.9 Å². The molecular weight excluding hydrogens is 409 g/mol. The summed E-state index contributed by atoms with van der Waals surface area (Å²) in [5.74, 6) is -1.04. The number of carbonyl (C=O) groups is 2. The normalized spacial score (nSPS) is 14.6. The lowest BCUT2D eigenvalue weighted by Crippen LogP contribution is -2.29. The second-order valence-corrected chi connectivity index (χ2v) is 7.35. The maximum atomic E-state index is 13.3. The lowest BCUT2D eigenvalue weighted by molar-refractivity contribution is -0.138. The van der Waals surface area contributed by atoms with Gasteiger partial charge in [0.15, 0.2) is 0 Å². The molecule has 2 aromatic rings. The first-order valence-corrected chi connectivity index (χ1v) is 9.14. The van der Waals surface area contributed by atoms with Crippen LogP contribution in [0.25, 0.3) is 11.1 Å². The van der Waals surface area contributed by atoms with Gasteiger partial charge in [-0.1, -0.05) is 23.7 Å². The van der Waals surface area contributed by atoms with Crippen LogP contribution in [0.15, 0.2) is 36.4 Å². The summed E-state index contributed by atoms with van der Waals surface area (Å²) in [4.78, 5) is 26.2. The van der Waals surface area contributed by atoms with E-state index in [1.807, 2.05) is 0 Å². The molecule has 1 heterocycles. The van der Waals surface area contributed by atoms with Crippen molar-refractivity contribution >= 4 is 23.6 Å². The Kier molecular flexibility index (Phi) is 5.75. The van der Waals surface area contributed by atoms with Gasteiger partial charge >= 0.3 is 18.2 Å². The molecule has 2 aromatic carbocycles. The largest absolute Gasteiger partial charge is 0.481 e. The molecule has 1 aliphatic heterocycles. The fourth-order valence-corrected chi connectivity index (χ4v) is 3.58.